The van der Waals surface area contributed by atoms with Crippen LogP contribution in [-0.2, 0) is 12.8 Å². The van der Waals surface area contributed by atoms with Crippen LogP contribution in [0.2, 0.25) is 0 Å². The van der Waals surface area contributed by atoms with E-state index in [1.54, 1.807) is 14.2 Å². The fraction of sp³-hybridized carbons (Fsp3) is 0.455. The molecular weight excluding hydrogens is 328 g/mol. The number of aryl methyl sites for hydroxylation is 2. The fourth-order valence-electron chi connectivity index (χ4n) is 2.75. The normalized spacial score (nSPS) is 10.6. The van der Waals surface area contributed by atoms with E-state index in [4.69, 9.17) is 9.47 Å². The maximum absolute atomic E-state index is 5.19. The lowest BCUT2D eigenvalue weighted by atomic mass is 10.1. The molecule has 0 saturated carbocycles. The molecule has 2 aromatic carbocycles. The first kappa shape index (κ1) is 19.7. The van der Waals surface area contributed by atoms with Crippen molar-refractivity contribution in [1.82, 2.24) is 0 Å². The smallest absolute Gasteiger partial charge is 0.118 e. The van der Waals surface area contributed by atoms with Crippen molar-refractivity contribution in [2.24, 2.45) is 0 Å². The van der Waals surface area contributed by atoms with Crippen molar-refractivity contribution in [3.05, 3.63) is 59.7 Å². The summed E-state index contributed by atoms with van der Waals surface area (Å²) >= 11 is 2.10. The van der Waals surface area contributed by atoms with Crippen molar-refractivity contribution in [2.45, 2.75) is 38.5 Å². The van der Waals surface area contributed by atoms with Gasteiger partial charge in [0, 0.05) is 0 Å². The van der Waals surface area contributed by atoms with Crippen LogP contribution in [0.5, 0.6) is 11.5 Å². The van der Waals surface area contributed by atoms with Gasteiger partial charge in [-0.15, -0.1) is 0 Å². The van der Waals surface area contributed by atoms with E-state index in [2.05, 4.69) is 36.0 Å². The zero-order valence-electron chi connectivity index (χ0n) is 15.5. The van der Waals surface area contributed by atoms with Crippen LogP contribution in [0.15, 0.2) is 48.5 Å². The Morgan fingerprint density at radius 3 is 1.36 bits per heavy atom. The number of hydrogen-bond acceptors (Lipinski definition) is 3. The Bertz CT molecular complexity index is 524. The summed E-state index contributed by atoms with van der Waals surface area (Å²) in [5.74, 6) is 4.43. The van der Waals surface area contributed by atoms with Crippen molar-refractivity contribution >= 4 is 11.8 Å². The molecule has 2 rings (SSSR count). The largest absolute Gasteiger partial charge is 0.497 e. The molecule has 25 heavy (non-hydrogen) atoms. The molecule has 0 aromatic heterocycles. The van der Waals surface area contributed by atoms with E-state index in [-0.39, 0.29) is 0 Å². The molecule has 0 fully saturated rings. The van der Waals surface area contributed by atoms with Crippen LogP contribution in [0, 0.1) is 0 Å². The minimum absolute atomic E-state index is 0.939. The molecular formula is C22H30O2S. The van der Waals surface area contributed by atoms with E-state index >= 15 is 0 Å². The van der Waals surface area contributed by atoms with Gasteiger partial charge >= 0.3 is 0 Å². The first-order chi connectivity index (χ1) is 12.3. The van der Waals surface area contributed by atoms with Crippen molar-refractivity contribution < 1.29 is 9.47 Å². The molecule has 0 aliphatic heterocycles. The standard InChI is InChI=1S/C22H30O2S/c1-23-21-13-9-19(10-14-21)7-3-5-17-25-18-6-4-8-20-11-15-22(24-2)16-12-20/h9-16H,3-8,17-18H2,1-2H3. The molecule has 0 unspecified atom stereocenters. The quantitative estimate of drug-likeness (QED) is 0.448. The number of unbranched alkanes of at least 4 members (excludes halogenated alkanes) is 2. The third-order valence-electron chi connectivity index (χ3n) is 4.33. The zero-order chi connectivity index (χ0) is 17.7. The Morgan fingerprint density at radius 1 is 0.600 bits per heavy atom. The van der Waals surface area contributed by atoms with Gasteiger partial charge in [-0.05, 0) is 85.4 Å². The van der Waals surface area contributed by atoms with Crippen LogP contribution in [0.3, 0.4) is 0 Å². The van der Waals surface area contributed by atoms with E-state index in [0.717, 1.165) is 11.5 Å². The van der Waals surface area contributed by atoms with Crippen LogP contribution in [0.4, 0.5) is 0 Å². The topological polar surface area (TPSA) is 18.5 Å². The average molecular weight is 359 g/mol. The first-order valence-corrected chi connectivity index (χ1v) is 10.3. The lowest BCUT2D eigenvalue weighted by molar-refractivity contribution is 0.414. The Morgan fingerprint density at radius 2 is 1.00 bits per heavy atom. The predicted molar refractivity (Wildman–Crippen MR) is 109 cm³/mol. The fourth-order valence-corrected chi connectivity index (χ4v) is 3.77. The Labute approximate surface area is 156 Å². The molecule has 2 nitrogen and oxygen atoms in total. The SMILES string of the molecule is COc1ccc(CCCCSCCCCc2ccc(OC)cc2)cc1. The average Bonchev–Trinajstić information content (AvgIpc) is 2.67. The summed E-state index contributed by atoms with van der Waals surface area (Å²) < 4.78 is 10.4. The predicted octanol–water partition coefficient (Wildman–Crippen LogP) is 5.78. The van der Waals surface area contributed by atoms with Gasteiger partial charge in [-0.2, -0.15) is 11.8 Å². The molecule has 0 amide bonds. The maximum atomic E-state index is 5.19. The third kappa shape index (κ3) is 7.87. The molecule has 0 bridgehead atoms. The van der Waals surface area contributed by atoms with Gasteiger partial charge in [0.1, 0.15) is 11.5 Å². The summed E-state index contributed by atoms with van der Waals surface area (Å²) in [7, 11) is 3.42. The molecule has 0 atom stereocenters. The van der Waals surface area contributed by atoms with Gasteiger partial charge in [-0.3, -0.25) is 0 Å². The number of benzene rings is 2. The number of thioether (sulfide) groups is 1. The molecule has 136 valence electrons. The Kier molecular flexibility index (Phi) is 9.35. The molecule has 3 heteroatoms. The Balaban J connectivity index is 1.45. The van der Waals surface area contributed by atoms with E-state index in [0.29, 0.717) is 0 Å². The zero-order valence-corrected chi connectivity index (χ0v) is 16.3. The molecule has 0 saturated heterocycles. The molecule has 0 aliphatic carbocycles. The van der Waals surface area contributed by atoms with Crippen LogP contribution in [0.1, 0.15) is 36.8 Å². The summed E-state index contributed by atoms with van der Waals surface area (Å²) in [6, 6.07) is 16.9. The summed E-state index contributed by atoms with van der Waals surface area (Å²) in [5.41, 5.74) is 2.82. The van der Waals surface area contributed by atoms with Crippen molar-refractivity contribution in [3.63, 3.8) is 0 Å². The molecule has 0 aliphatic rings. The van der Waals surface area contributed by atoms with E-state index in [1.807, 2.05) is 24.3 Å². The van der Waals surface area contributed by atoms with Crippen LogP contribution in [-0.4, -0.2) is 25.7 Å². The summed E-state index contributed by atoms with van der Waals surface area (Å²) in [6.45, 7) is 0. The van der Waals surface area contributed by atoms with Gasteiger partial charge in [0.15, 0.2) is 0 Å². The first-order valence-electron chi connectivity index (χ1n) is 9.15. The number of hydrogen-bond donors (Lipinski definition) is 0. The highest BCUT2D eigenvalue weighted by Gasteiger charge is 1.98. The summed E-state index contributed by atoms with van der Waals surface area (Å²) in [4.78, 5) is 0. The maximum Gasteiger partial charge on any atom is 0.118 e. The van der Waals surface area contributed by atoms with Gasteiger partial charge in [-0.25, -0.2) is 0 Å². The second-order valence-corrected chi connectivity index (χ2v) is 7.45. The van der Waals surface area contributed by atoms with Gasteiger partial charge < -0.3 is 9.47 Å². The van der Waals surface area contributed by atoms with Crippen LogP contribution < -0.4 is 9.47 Å². The minimum atomic E-state index is 0.939. The monoisotopic (exact) mass is 358 g/mol. The van der Waals surface area contributed by atoms with Gasteiger partial charge in [-0.1, -0.05) is 24.3 Å². The van der Waals surface area contributed by atoms with E-state index in [1.165, 1.54) is 61.2 Å². The van der Waals surface area contributed by atoms with Crippen LogP contribution in [0.25, 0.3) is 0 Å². The molecule has 0 radical (unpaired) electrons. The molecule has 0 heterocycles. The molecule has 0 N–H and O–H groups in total. The third-order valence-corrected chi connectivity index (χ3v) is 5.48. The number of rotatable bonds is 12. The van der Waals surface area contributed by atoms with Gasteiger partial charge in [0.05, 0.1) is 14.2 Å². The van der Waals surface area contributed by atoms with Crippen molar-refractivity contribution in [2.75, 3.05) is 25.7 Å². The van der Waals surface area contributed by atoms with Gasteiger partial charge in [0.2, 0.25) is 0 Å². The molecule has 2 aromatic rings. The number of methoxy groups -OCH3 is 2. The highest BCUT2D eigenvalue weighted by atomic mass is 32.2. The van der Waals surface area contributed by atoms with Gasteiger partial charge in [0.25, 0.3) is 0 Å². The minimum Gasteiger partial charge on any atom is -0.497 e. The van der Waals surface area contributed by atoms with Crippen LogP contribution >= 0.6 is 11.8 Å². The lowest BCUT2D eigenvalue weighted by Crippen LogP contribution is -1.91. The highest BCUT2D eigenvalue weighted by Crippen LogP contribution is 2.16. The van der Waals surface area contributed by atoms with Crippen molar-refractivity contribution in [1.29, 1.82) is 0 Å². The Hall–Kier alpha value is -1.61. The van der Waals surface area contributed by atoms with E-state index < -0.39 is 0 Å². The summed E-state index contributed by atoms with van der Waals surface area (Å²) in [5, 5.41) is 0. The second kappa shape index (κ2) is 11.9. The van der Waals surface area contributed by atoms with E-state index in [9.17, 15) is 0 Å². The lowest BCUT2D eigenvalue weighted by Gasteiger charge is -2.05. The number of ether oxygens (including phenoxy) is 2. The highest BCUT2D eigenvalue weighted by molar-refractivity contribution is 7.99. The van der Waals surface area contributed by atoms with Crippen molar-refractivity contribution in [3.8, 4) is 11.5 Å². The second-order valence-electron chi connectivity index (χ2n) is 6.22. The summed E-state index contributed by atoms with van der Waals surface area (Å²) in [6.07, 6.45) is 7.48. The molecule has 0 spiro atoms.